The highest BCUT2D eigenvalue weighted by molar-refractivity contribution is 5.32. The van der Waals surface area contributed by atoms with E-state index in [0.717, 1.165) is 0 Å². The van der Waals surface area contributed by atoms with Crippen molar-refractivity contribution in [3.8, 4) is 0 Å². The van der Waals surface area contributed by atoms with Crippen LogP contribution in [-0.4, -0.2) is 17.4 Å². The maximum atomic E-state index is 5.41. The van der Waals surface area contributed by atoms with E-state index < -0.39 is 0 Å². The Morgan fingerprint density at radius 3 is 2.82 bits per heavy atom. The zero-order valence-corrected chi connectivity index (χ0v) is 6.37. The maximum Gasteiger partial charge on any atom is 0.193 e. The molecule has 1 atom stereocenters. The fraction of sp³-hybridized carbons (Fsp3) is 0.600. The van der Waals surface area contributed by atoms with E-state index in [1.165, 1.54) is 7.11 Å². The smallest absolute Gasteiger partial charge is 0.193 e. The minimum absolute atomic E-state index is 0.119. The number of aromatic nitrogens is 2. The summed E-state index contributed by atoms with van der Waals surface area (Å²) in [6.07, 6.45) is 0. The van der Waals surface area contributed by atoms with Crippen LogP contribution in [0.4, 0.5) is 5.82 Å². The van der Waals surface area contributed by atoms with Gasteiger partial charge in [0, 0.05) is 0 Å². The Kier molecular flexibility index (Phi) is 2.40. The first-order chi connectivity index (χ1) is 5.25. The van der Waals surface area contributed by atoms with Gasteiger partial charge in [0.25, 0.3) is 0 Å². The molecule has 1 heterocycles. The Morgan fingerprint density at radius 2 is 2.36 bits per heavy atom. The Hall–Kier alpha value is -1.14. The van der Waals surface area contributed by atoms with E-state index in [9.17, 15) is 0 Å². The molecule has 0 aliphatic carbocycles. The molecule has 0 amide bonds. The molecule has 6 nitrogen and oxygen atoms in total. The number of hydroxylamine groups is 1. The van der Waals surface area contributed by atoms with Gasteiger partial charge in [-0.15, -0.1) is 0 Å². The summed E-state index contributed by atoms with van der Waals surface area (Å²) in [5.41, 5.74) is 8.60. The third kappa shape index (κ3) is 1.66. The molecule has 1 rings (SSSR count). The summed E-state index contributed by atoms with van der Waals surface area (Å²) in [5.74, 6) is 0.280. The first-order valence-electron chi connectivity index (χ1n) is 3.12. The minimum atomic E-state index is -0.119. The Labute approximate surface area is 63.6 Å². The largest absolute Gasteiger partial charge is 0.379 e. The summed E-state index contributed by atoms with van der Waals surface area (Å²) in [7, 11) is 1.51. The van der Waals surface area contributed by atoms with Crippen LogP contribution in [0.1, 0.15) is 18.7 Å². The van der Waals surface area contributed by atoms with E-state index >= 15 is 0 Å². The third-order valence-corrected chi connectivity index (χ3v) is 1.25. The van der Waals surface area contributed by atoms with Gasteiger partial charge in [-0.25, -0.2) is 4.63 Å². The van der Waals surface area contributed by atoms with E-state index in [2.05, 4.69) is 25.3 Å². The van der Waals surface area contributed by atoms with Gasteiger partial charge in [-0.3, -0.25) is 0 Å². The first kappa shape index (κ1) is 7.96. The maximum absolute atomic E-state index is 5.41. The molecule has 11 heavy (non-hydrogen) atoms. The Balaban J connectivity index is 2.67. The molecule has 1 unspecified atom stereocenters. The third-order valence-electron chi connectivity index (χ3n) is 1.25. The van der Waals surface area contributed by atoms with E-state index in [1.807, 2.05) is 6.92 Å². The van der Waals surface area contributed by atoms with Gasteiger partial charge in [0.15, 0.2) is 5.82 Å². The van der Waals surface area contributed by atoms with Gasteiger partial charge in [0.1, 0.15) is 5.69 Å². The topological polar surface area (TPSA) is 86.2 Å². The predicted molar refractivity (Wildman–Crippen MR) is 37.3 cm³/mol. The molecular formula is C5H10N4O2. The second-order valence-electron chi connectivity index (χ2n) is 2.08. The molecule has 3 N–H and O–H groups in total. The van der Waals surface area contributed by atoms with Gasteiger partial charge in [0.2, 0.25) is 0 Å². The van der Waals surface area contributed by atoms with Crippen molar-refractivity contribution in [3.63, 3.8) is 0 Å². The quantitative estimate of drug-likeness (QED) is 0.595. The number of nitrogen functional groups attached to an aromatic ring is 1. The average Bonchev–Trinajstić information content (AvgIpc) is 2.36. The molecule has 0 saturated carbocycles. The highest BCUT2D eigenvalue weighted by Crippen LogP contribution is 2.13. The van der Waals surface area contributed by atoms with Crippen molar-refractivity contribution in [2.75, 3.05) is 12.8 Å². The van der Waals surface area contributed by atoms with Crippen LogP contribution in [0.15, 0.2) is 4.63 Å². The van der Waals surface area contributed by atoms with Gasteiger partial charge >= 0.3 is 0 Å². The highest BCUT2D eigenvalue weighted by atomic mass is 16.6. The lowest BCUT2D eigenvalue weighted by atomic mass is 10.2. The Morgan fingerprint density at radius 1 is 1.64 bits per heavy atom. The molecule has 1 aromatic heterocycles. The molecular weight excluding hydrogens is 148 g/mol. The molecule has 0 fully saturated rings. The molecule has 0 aliphatic heterocycles. The standard InChI is InChI=1S/C5H10N4O2/c1-3(7-10-2)4-5(6)9-11-8-4/h3,7H,1-2H3,(H2,6,9). The van der Waals surface area contributed by atoms with Crippen molar-refractivity contribution in [2.24, 2.45) is 0 Å². The van der Waals surface area contributed by atoms with Crippen molar-refractivity contribution in [1.29, 1.82) is 0 Å². The average molecular weight is 158 g/mol. The Bertz CT molecular complexity index is 224. The summed E-state index contributed by atoms with van der Waals surface area (Å²) < 4.78 is 4.39. The summed E-state index contributed by atoms with van der Waals surface area (Å²) in [5, 5.41) is 7.00. The van der Waals surface area contributed by atoms with Crippen molar-refractivity contribution >= 4 is 5.82 Å². The van der Waals surface area contributed by atoms with Crippen molar-refractivity contribution in [3.05, 3.63) is 5.69 Å². The van der Waals surface area contributed by atoms with Gasteiger partial charge in [0.05, 0.1) is 13.2 Å². The number of nitrogens with zero attached hydrogens (tertiary/aromatic N) is 2. The SMILES string of the molecule is CONC(C)c1nonc1N. The summed E-state index contributed by atoms with van der Waals surface area (Å²) in [6.45, 7) is 1.83. The van der Waals surface area contributed by atoms with Crippen LogP contribution in [0, 0.1) is 0 Å². The highest BCUT2D eigenvalue weighted by Gasteiger charge is 2.13. The lowest BCUT2D eigenvalue weighted by Gasteiger charge is -2.06. The molecule has 0 radical (unpaired) electrons. The van der Waals surface area contributed by atoms with Crippen LogP contribution in [-0.2, 0) is 4.84 Å². The summed E-state index contributed by atoms with van der Waals surface area (Å²) >= 11 is 0. The fourth-order valence-electron chi connectivity index (χ4n) is 0.735. The van der Waals surface area contributed by atoms with E-state index in [0.29, 0.717) is 5.69 Å². The van der Waals surface area contributed by atoms with Crippen molar-refractivity contribution in [1.82, 2.24) is 15.8 Å². The molecule has 62 valence electrons. The zero-order chi connectivity index (χ0) is 8.27. The van der Waals surface area contributed by atoms with Crippen LogP contribution in [0.5, 0.6) is 0 Å². The molecule has 0 saturated heterocycles. The van der Waals surface area contributed by atoms with Gasteiger partial charge in [-0.2, -0.15) is 5.48 Å². The van der Waals surface area contributed by atoms with Gasteiger partial charge in [-0.1, -0.05) is 5.16 Å². The minimum Gasteiger partial charge on any atom is -0.379 e. The van der Waals surface area contributed by atoms with Crippen molar-refractivity contribution < 1.29 is 9.47 Å². The number of nitrogens with two attached hydrogens (primary N) is 1. The van der Waals surface area contributed by atoms with E-state index in [-0.39, 0.29) is 11.9 Å². The lowest BCUT2D eigenvalue weighted by molar-refractivity contribution is 0.0637. The molecule has 1 aromatic rings. The van der Waals surface area contributed by atoms with E-state index in [4.69, 9.17) is 5.73 Å². The van der Waals surface area contributed by atoms with Crippen LogP contribution in [0.25, 0.3) is 0 Å². The summed E-state index contributed by atoms with van der Waals surface area (Å²) in [4.78, 5) is 4.67. The van der Waals surface area contributed by atoms with Gasteiger partial charge < -0.3 is 10.6 Å². The number of rotatable bonds is 3. The summed E-state index contributed by atoms with van der Waals surface area (Å²) in [6, 6.07) is -0.119. The number of anilines is 1. The lowest BCUT2D eigenvalue weighted by Crippen LogP contribution is -2.18. The molecule has 0 aliphatic rings. The second kappa shape index (κ2) is 3.31. The van der Waals surface area contributed by atoms with Crippen LogP contribution in [0.3, 0.4) is 0 Å². The van der Waals surface area contributed by atoms with Crippen LogP contribution >= 0.6 is 0 Å². The molecule has 0 aromatic carbocycles. The first-order valence-corrected chi connectivity index (χ1v) is 3.12. The van der Waals surface area contributed by atoms with Crippen LogP contribution < -0.4 is 11.2 Å². The zero-order valence-electron chi connectivity index (χ0n) is 6.37. The van der Waals surface area contributed by atoms with E-state index in [1.54, 1.807) is 0 Å². The van der Waals surface area contributed by atoms with Crippen LogP contribution in [0.2, 0.25) is 0 Å². The van der Waals surface area contributed by atoms with Crippen molar-refractivity contribution in [2.45, 2.75) is 13.0 Å². The van der Waals surface area contributed by atoms with Gasteiger partial charge in [-0.05, 0) is 12.1 Å². The normalized spacial score (nSPS) is 13.3. The fourth-order valence-corrected chi connectivity index (χ4v) is 0.735. The molecule has 0 spiro atoms. The second-order valence-corrected chi connectivity index (χ2v) is 2.08. The molecule has 0 bridgehead atoms. The number of nitrogens with one attached hydrogen (secondary N) is 1. The molecule has 6 heteroatoms. The predicted octanol–water partition coefficient (Wildman–Crippen LogP) is -0.136. The number of hydrogen-bond acceptors (Lipinski definition) is 6. The number of hydrogen-bond donors (Lipinski definition) is 2. The monoisotopic (exact) mass is 158 g/mol.